The Balaban J connectivity index is 1.45. The first-order chi connectivity index (χ1) is 12.3. The number of likely N-dealkylation sites (tertiary alicyclic amines) is 1. The maximum Gasteiger partial charge on any atom is 0.338 e. The predicted octanol–water partition coefficient (Wildman–Crippen LogP) is 4.33. The third-order valence-electron chi connectivity index (χ3n) is 4.98. The largest absolute Gasteiger partial charge is 0.461 e. The lowest BCUT2D eigenvalue weighted by molar-refractivity contribution is 0.0400. The molecule has 0 aromatic heterocycles. The van der Waals surface area contributed by atoms with Crippen molar-refractivity contribution >= 4 is 5.97 Å². The number of carbonyl (C=O) groups excluding carboxylic acids is 1. The first-order valence-electron chi connectivity index (χ1n) is 9.33. The lowest BCUT2D eigenvalue weighted by atomic mass is 9.96. The first kappa shape index (κ1) is 17.7. The van der Waals surface area contributed by atoms with Crippen LogP contribution in [0.4, 0.5) is 0 Å². The van der Waals surface area contributed by atoms with Gasteiger partial charge in [-0.05, 0) is 49.9 Å². The minimum atomic E-state index is -0.224. The van der Waals surface area contributed by atoms with E-state index in [1.165, 1.54) is 31.2 Å². The molecule has 2 aromatic rings. The molecular formula is C22H27NO2. The summed E-state index contributed by atoms with van der Waals surface area (Å²) in [6, 6.07) is 20.5. The summed E-state index contributed by atoms with van der Waals surface area (Å²) >= 11 is 0. The molecule has 132 valence electrons. The Morgan fingerprint density at radius 2 is 1.72 bits per heavy atom. The smallest absolute Gasteiger partial charge is 0.338 e. The summed E-state index contributed by atoms with van der Waals surface area (Å²) in [6.07, 6.45) is 6.09. The topological polar surface area (TPSA) is 29.5 Å². The number of piperidine rings is 1. The summed E-state index contributed by atoms with van der Waals surface area (Å²) in [5, 5.41) is 0. The number of esters is 1. The molecule has 25 heavy (non-hydrogen) atoms. The number of hydrogen-bond donors (Lipinski definition) is 0. The van der Waals surface area contributed by atoms with Crippen molar-refractivity contribution in [2.45, 2.75) is 38.1 Å². The van der Waals surface area contributed by atoms with Crippen LogP contribution in [-0.2, 0) is 11.2 Å². The van der Waals surface area contributed by atoms with Gasteiger partial charge in [0, 0.05) is 12.6 Å². The molecule has 3 heteroatoms. The van der Waals surface area contributed by atoms with Gasteiger partial charge < -0.3 is 4.74 Å². The highest BCUT2D eigenvalue weighted by Gasteiger charge is 2.22. The van der Waals surface area contributed by atoms with Crippen LogP contribution in [0.2, 0.25) is 0 Å². The van der Waals surface area contributed by atoms with E-state index in [1.54, 1.807) is 12.1 Å². The summed E-state index contributed by atoms with van der Waals surface area (Å²) in [5.74, 6) is -0.224. The third-order valence-corrected chi connectivity index (χ3v) is 4.98. The van der Waals surface area contributed by atoms with Gasteiger partial charge in [-0.2, -0.15) is 0 Å². The minimum Gasteiger partial charge on any atom is -0.461 e. The third kappa shape index (κ3) is 5.43. The van der Waals surface area contributed by atoms with Crippen LogP contribution < -0.4 is 0 Å². The maximum absolute atomic E-state index is 12.0. The molecule has 1 heterocycles. The molecule has 1 aliphatic rings. The molecule has 1 unspecified atom stereocenters. The van der Waals surface area contributed by atoms with Crippen LogP contribution in [0, 0.1) is 0 Å². The van der Waals surface area contributed by atoms with Crippen molar-refractivity contribution in [1.29, 1.82) is 0 Å². The lowest BCUT2D eigenvalue weighted by Crippen LogP contribution is -2.41. The Kier molecular flexibility index (Phi) is 6.63. The molecule has 0 amide bonds. The van der Waals surface area contributed by atoms with E-state index in [-0.39, 0.29) is 5.97 Å². The summed E-state index contributed by atoms with van der Waals surface area (Å²) in [7, 11) is 0. The van der Waals surface area contributed by atoms with Gasteiger partial charge in [0.1, 0.15) is 6.61 Å². The number of nitrogens with zero attached hydrogens (tertiary/aromatic N) is 1. The molecule has 1 fully saturated rings. The van der Waals surface area contributed by atoms with Gasteiger partial charge >= 0.3 is 5.97 Å². The van der Waals surface area contributed by atoms with Gasteiger partial charge in [-0.25, -0.2) is 4.79 Å². The number of ether oxygens (including phenoxy) is 1. The average Bonchev–Trinajstić information content (AvgIpc) is 2.68. The van der Waals surface area contributed by atoms with Crippen LogP contribution in [0.15, 0.2) is 60.7 Å². The maximum atomic E-state index is 12.0. The van der Waals surface area contributed by atoms with Crippen LogP contribution in [0.1, 0.15) is 41.6 Å². The molecule has 1 saturated heterocycles. The summed E-state index contributed by atoms with van der Waals surface area (Å²) in [4.78, 5) is 14.5. The molecule has 2 aromatic carbocycles. The van der Waals surface area contributed by atoms with Crippen molar-refractivity contribution in [2.75, 3.05) is 19.7 Å². The summed E-state index contributed by atoms with van der Waals surface area (Å²) < 4.78 is 5.46. The standard InChI is InChI=1S/C22H27NO2/c24-22(20-11-5-2-6-12-20)25-18-17-23-16-8-7-13-21(23)15-14-19-9-3-1-4-10-19/h1-6,9-12,21H,7-8,13-18H2. The van der Waals surface area contributed by atoms with Crippen LogP contribution >= 0.6 is 0 Å². The van der Waals surface area contributed by atoms with E-state index in [0.717, 1.165) is 19.5 Å². The van der Waals surface area contributed by atoms with Crippen molar-refractivity contribution in [1.82, 2.24) is 4.90 Å². The summed E-state index contributed by atoms with van der Waals surface area (Å²) in [6.45, 7) is 2.41. The monoisotopic (exact) mass is 337 g/mol. The van der Waals surface area contributed by atoms with E-state index in [4.69, 9.17) is 4.74 Å². The number of benzene rings is 2. The molecule has 0 radical (unpaired) electrons. The Labute approximate surface area is 150 Å². The Morgan fingerprint density at radius 1 is 1.00 bits per heavy atom. The fourth-order valence-corrected chi connectivity index (χ4v) is 3.57. The highest BCUT2D eigenvalue weighted by Crippen LogP contribution is 2.21. The molecule has 1 aliphatic heterocycles. The van der Waals surface area contributed by atoms with Crippen molar-refractivity contribution in [2.24, 2.45) is 0 Å². The second-order valence-electron chi connectivity index (χ2n) is 6.71. The van der Waals surface area contributed by atoms with Gasteiger partial charge in [0.15, 0.2) is 0 Å². The predicted molar refractivity (Wildman–Crippen MR) is 101 cm³/mol. The zero-order chi connectivity index (χ0) is 17.3. The number of hydrogen-bond acceptors (Lipinski definition) is 3. The quantitative estimate of drug-likeness (QED) is 0.704. The van der Waals surface area contributed by atoms with Gasteiger partial charge in [-0.1, -0.05) is 55.0 Å². The van der Waals surface area contributed by atoms with Crippen LogP contribution in [0.5, 0.6) is 0 Å². The number of aryl methyl sites for hydroxylation is 1. The van der Waals surface area contributed by atoms with E-state index in [0.29, 0.717) is 18.2 Å². The van der Waals surface area contributed by atoms with E-state index in [9.17, 15) is 4.79 Å². The van der Waals surface area contributed by atoms with E-state index >= 15 is 0 Å². The van der Waals surface area contributed by atoms with Crippen LogP contribution in [0.25, 0.3) is 0 Å². The van der Waals surface area contributed by atoms with E-state index in [2.05, 4.69) is 35.2 Å². The van der Waals surface area contributed by atoms with Crippen LogP contribution in [0.3, 0.4) is 0 Å². The van der Waals surface area contributed by atoms with Gasteiger partial charge in [-0.3, -0.25) is 4.90 Å². The average molecular weight is 337 g/mol. The Morgan fingerprint density at radius 3 is 2.48 bits per heavy atom. The molecule has 1 atom stereocenters. The number of carbonyl (C=O) groups is 1. The highest BCUT2D eigenvalue weighted by atomic mass is 16.5. The van der Waals surface area contributed by atoms with Gasteiger partial charge in [0.2, 0.25) is 0 Å². The van der Waals surface area contributed by atoms with Gasteiger partial charge in [-0.15, -0.1) is 0 Å². The molecule has 0 bridgehead atoms. The summed E-state index contributed by atoms with van der Waals surface area (Å²) in [5.41, 5.74) is 2.03. The molecule has 3 nitrogen and oxygen atoms in total. The SMILES string of the molecule is O=C(OCCN1CCCCC1CCc1ccccc1)c1ccccc1. The number of rotatable bonds is 7. The van der Waals surface area contributed by atoms with Crippen molar-refractivity contribution in [3.63, 3.8) is 0 Å². The molecule has 0 spiro atoms. The second kappa shape index (κ2) is 9.38. The Hall–Kier alpha value is -2.13. The Bertz CT molecular complexity index is 642. The lowest BCUT2D eigenvalue weighted by Gasteiger charge is -2.35. The fraction of sp³-hybridized carbons (Fsp3) is 0.409. The van der Waals surface area contributed by atoms with Crippen molar-refractivity contribution in [3.8, 4) is 0 Å². The normalized spacial score (nSPS) is 18.0. The molecule has 0 N–H and O–H groups in total. The van der Waals surface area contributed by atoms with E-state index in [1.807, 2.05) is 18.2 Å². The fourth-order valence-electron chi connectivity index (χ4n) is 3.57. The highest BCUT2D eigenvalue weighted by molar-refractivity contribution is 5.89. The van der Waals surface area contributed by atoms with E-state index < -0.39 is 0 Å². The van der Waals surface area contributed by atoms with Crippen molar-refractivity contribution < 1.29 is 9.53 Å². The molecule has 3 rings (SSSR count). The first-order valence-corrected chi connectivity index (χ1v) is 9.33. The minimum absolute atomic E-state index is 0.224. The zero-order valence-electron chi connectivity index (χ0n) is 14.8. The van der Waals surface area contributed by atoms with Crippen LogP contribution in [-0.4, -0.2) is 36.6 Å². The van der Waals surface area contributed by atoms with Gasteiger partial charge in [0.25, 0.3) is 0 Å². The molecule has 0 aliphatic carbocycles. The van der Waals surface area contributed by atoms with Gasteiger partial charge in [0.05, 0.1) is 5.56 Å². The second-order valence-corrected chi connectivity index (χ2v) is 6.71. The zero-order valence-corrected chi connectivity index (χ0v) is 14.8. The molecular weight excluding hydrogens is 310 g/mol. The molecule has 0 saturated carbocycles. The van der Waals surface area contributed by atoms with Crippen molar-refractivity contribution in [3.05, 3.63) is 71.8 Å².